The first kappa shape index (κ1) is 8.56. The molecule has 0 radical (unpaired) electrons. The number of rotatable bonds is 1. The molecule has 14 heavy (non-hydrogen) atoms. The smallest absolute Gasteiger partial charge is 0.307 e. The van der Waals surface area contributed by atoms with Gasteiger partial charge in [-0.05, 0) is 24.3 Å². The van der Waals surface area contributed by atoms with Crippen molar-refractivity contribution >= 4 is 11.7 Å². The van der Waals surface area contributed by atoms with Crippen LogP contribution in [-0.4, -0.2) is 10.6 Å². The van der Waals surface area contributed by atoms with Gasteiger partial charge >= 0.3 is 6.03 Å². The molecule has 70 valence electrons. The average Bonchev–Trinajstić information content (AvgIpc) is 2.72. The monoisotopic (exact) mass is 186 g/mol. The Balaban J connectivity index is 2.10. The lowest BCUT2D eigenvalue weighted by Crippen LogP contribution is -2.17. The molecule has 0 atom stereocenters. The van der Waals surface area contributed by atoms with Crippen LogP contribution in [0.2, 0.25) is 0 Å². The number of para-hydroxylation sites is 1. The highest BCUT2D eigenvalue weighted by atomic mass is 16.2. The SMILES string of the molecule is O=C(Nc1ccccc1)n1cccc1. The van der Waals surface area contributed by atoms with Crippen LogP contribution in [0.3, 0.4) is 0 Å². The standard InChI is InChI=1S/C11H10N2O/c14-11(13-8-4-5-9-13)12-10-6-2-1-3-7-10/h1-9H,(H,12,14). The van der Waals surface area contributed by atoms with E-state index in [4.69, 9.17) is 0 Å². The summed E-state index contributed by atoms with van der Waals surface area (Å²) in [6, 6.07) is 12.8. The fourth-order valence-electron chi connectivity index (χ4n) is 1.18. The molecule has 0 saturated heterocycles. The molecule has 3 heteroatoms. The number of carbonyl (C=O) groups is 1. The van der Waals surface area contributed by atoms with E-state index in [1.165, 1.54) is 4.57 Å². The average molecular weight is 186 g/mol. The molecular formula is C11H10N2O. The number of amides is 1. The van der Waals surface area contributed by atoms with Gasteiger partial charge in [-0.1, -0.05) is 18.2 Å². The zero-order chi connectivity index (χ0) is 9.80. The van der Waals surface area contributed by atoms with Gasteiger partial charge in [0.05, 0.1) is 0 Å². The molecule has 2 rings (SSSR count). The van der Waals surface area contributed by atoms with E-state index in [0.717, 1.165) is 5.69 Å². The Morgan fingerprint density at radius 1 is 1.00 bits per heavy atom. The Bertz CT molecular complexity index is 406. The predicted molar refractivity (Wildman–Crippen MR) is 55.3 cm³/mol. The van der Waals surface area contributed by atoms with Crippen molar-refractivity contribution in [2.45, 2.75) is 0 Å². The van der Waals surface area contributed by atoms with Crippen LogP contribution in [0.15, 0.2) is 54.9 Å². The van der Waals surface area contributed by atoms with Crippen molar-refractivity contribution in [3.05, 3.63) is 54.9 Å². The van der Waals surface area contributed by atoms with Crippen molar-refractivity contribution < 1.29 is 4.79 Å². The summed E-state index contributed by atoms with van der Waals surface area (Å²) >= 11 is 0. The zero-order valence-corrected chi connectivity index (χ0v) is 7.55. The van der Waals surface area contributed by atoms with E-state index < -0.39 is 0 Å². The molecule has 0 aliphatic heterocycles. The summed E-state index contributed by atoms with van der Waals surface area (Å²) in [5, 5.41) is 2.77. The summed E-state index contributed by atoms with van der Waals surface area (Å²) in [6.45, 7) is 0. The van der Waals surface area contributed by atoms with Gasteiger partial charge in [-0.3, -0.25) is 4.57 Å². The molecule has 3 nitrogen and oxygen atoms in total. The van der Waals surface area contributed by atoms with E-state index >= 15 is 0 Å². The maximum absolute atomic E-state index is 11.5. The second-order valence-corrected chi connectivity index (χ2v) is 2.89. The molecule has 0 aliphatic rings. The maximum Gasteiger partial charge on any atom is 0.329 e. The Morgan fingerprint density at radius 2 is 1.64 bits per heavy atom. The third kappa shape index (κ3) is 1.82. The van der Waals surface area contributed by atoms with E-state index in [-0.39, 0.29) is 6.03 Å². The molecule has 1 amide bonds. The van der Waals surface area contributed by atoms with Crippen LogP contribution in [0.1, 0.15) is 0 Å². The molecule has 0 unspecified atom stereocenters. The first-order valence-electron chi connectivity index (χ1n) is 4.35. The lowest BCUT2D eigenvalue weighted by Gasteiger charge is -2.04. The Morgan fingerprint density at radius 3 is 2.29 bits per heavy atom. The van der Waals surface area contributed by atoms with Gasteiger partial charge in [0.15, 0.2) is 0 Å². The maximum atomic E-state index is 11.5. The van der Waals surface area contributed by atoms with Gasteiger partial charge < -0.3 is 5.32 Å². The first-order chi connectivity index (χ1) is 6.86. The number of hydrogen-bond acceptors (Lipinski definition) is 1. The van der Waals surface area contributed by atoms with E-state index in [1.54, 1.807) is 12.4 Å². The van der Waals surface area contributed by atoms with Crippen LogP contribution in [0.4, 0.5) is 10.5 Å². The Hall–Kier alpha value is -2.03. The molecular weight excluding hydrogens is 176 g/mol. The number of carbonyl (C=O) groups excluding carboxylic acids is 1. The summed E-state index contributed by atoms with van der Waals surface area (Å²) in [7, 11) is 0. The fraction of sp³-hybridized carbons (Fsp3) is 0. The molecule has 1 aromatic heterocycles. The van der Waals surface area contributed by atoms with Crippen LogP contribution < -0.4 is 5.32 Å². The van der Waals surface area contributed by atoms with Crippen molar-refractivity contribution in [1.82, 2.24) is 4.57 Å². The van der Waals surface area contributed by atoms with Crippen molar-refractivity contribution in [2.75, 3.05) is 5.32 Å². The first-order valence-corrected chi connectivity index (χ1v) is 4.35. The number of nitrogens with one attached hydrogen (secondary N) is 1. The molecule has 1 aromatic carbocycles. The predicted octanol–water partition coefficient (Wildman–Crippen LogP) is 2.57. The molecule has 2 aromatic rings. The minimum atomic E-state index is -0.152. The quantitative estimate of drug-likeness (QED) is 0.729. The van der Waals surface area contributed by atoms with Gasteiger partial charge in [0.1, 0.15) is 0 Å². The van der Waals surface area contributed by atoms with Gasteiger partial charge in [0.2, 0.25) is 0 Å². The highest BCUT2D eigenvalue weighted by Crippen LogP contribution is 2.05. The minimum absolute atomic E-state index is 0.152. The molecule has 1 N–H and O–H groups in total. The number of hydrogen-bond donors (Lipinski definition) is 1. The summed E-state index contributed by atoms with van der Waals surface area (Å²) < 4.78 is 1.49. The van der Waals surface area contributed by atoms with Gasteiger partial charge in [-0.2, -0.15) is 0 Å². The lowest BCUT2D eigenvalue weighted by atomic mass is 10.3. The number of aromatic nitrogens is 1. The van der Waals surface area contributed by atoms with Crippen molar-refractivity contribution in [3.8, 4) is 0 Å². The van der Waals surface area contributed by atoms with Crippen molar-refractivity contribution in [3.63, 3.8) is 0 Å². The van der Waals surface area contributed by atoms with Gasteiger partial charge in [0, 0.05) is 18.1 Å². The summed E-state index contributed by atoms with van der Waals surface area (Å²) in [4.78, 5) is 11.5. The van der Waals surface area contributed by atoms with Crippen molar-refractivity contribution in [1.29, 1.82) is 0 Å². The minimum Gasteiger partial charge on any atom is -0.307 e. The topological polar surface area (TPSA) is 34.0 Å². The molecule has 0 aliphatic carbocycles. The molecule has 0 spiro atoms. The third-order valence-electron chi connectivity index (χ3n) is 1.86. The number of anilines is 1. The number of benzene rings is 1. The summed E-state index contributed by atoms with van der Waals surface area (Å²) in [6.07, 6.45) is 3.41. The molecule has 0 saturated carbocycles. The van der Waals surface area contributed by atoms with Gasteiger partial charge in [0.25, 0.3) is 0 Å². The van der Waals surface area contributed by atoms with E-state index in [2.05, 4.69) is 5.32 Å². The molecule has 0 fully saturated rings. The Labute approximate surface area is 82.0 Å². The largest absolute Gasteiger partial charge is 0.329 e. The second-order valence-electron chi connectivity index (χ2n) is 2.89. The van der Waals surface area contributed by atoms with Crippen LogP contribution in [0, 0.1) is 0 Å². The summed E-state index contributed by atoms with van der Waals surface area (Å²) in [5.74, 6) is 0. The highest BCUT2D eigenvalue weighted by molar-refractivity contribution is 5.90. The highest BCUT2D eigenvalue weighted by Gasteiger charge is 2.01. The van der Waals surface area contributed by atoms with Gasteiger partial charge in [-0.15, -0.1) is 0 Å². The molecule has 0 bridgehead atoms. The zero-order valence-electron chi connectivity index (χ0n) is 7.55. The second kappa shape index (κ2) is 3.79. The van der Waals surface area contributed by atoms with Crippen LogP contribution in [0.5, 0.6) is 0 Å². The van der Waals surface area contributed by atoms with E-state index in [9.17, 15) is 4.79 Å². The lowest BCUT2D eigenvalue weighted by molar-refractivity contribution is 0.253. The van der Waals surface area contributed by atoms with Crippen LogP contribution >= 0.6 is 0 Å². The summed E-state index contributed by atoms with van der Waals surface area (Å²) in [5.41, 5.74) is 0.797. The fourth-order valence-corrected chi connectivity index (χ4v) is 1.18. The molecule has 1 heterocycles. The van der Waals surface area contributed by atoms with E-state index in [0.29, 0.717) is 0 Å². The van der Waals surface area contributed by atoms with Crippen LogP contribution in [-0.2, 0) is 0 Å². The normalized spacial score (nSPS) is 9.71. The van der Waals surface area contributed by atoms with Crippen LogP contribution in [0.25, 0.3) is 0 Å². The number of nitrogens with zero attached hydrogens (tertiary/aromatic N) is 1. The Kier molecular flexibility index (Phi) is 2.32. The van der Waals surface area contributed by atoms with Gasteiger partial charge in [-0.25, -0.2) is 4.79 Å². The van der Waals surface area contributed by atoms with E-state index in [1.807, 2.05) is 42.5 Å². The third-order valence-corrected chi connectivity index (χ3v) is 1.86. The van der Waals surface area contributed by atoms with Crippen molar-refractivity contribution in [2.24, 2.45) is 0 Å².